The van der Waals surface area contributed by atoms with Crippen LogP contribution in [0, 0.1) is 0 Å². The van der Waals surface area contributed by atoms with Crippen LogP contribution in [0.25, 0.3) is 0 Å². The maximum atomic E-state index is 12.9. The molecule has 5 nitrogen and oxygen atoms in total. The van der Waals surface area contributed by atoms with Crippen molar-refractivity contribution in [2.24, 2.45) is 0 Å². The van der Waals surface area contributed by atoms with Crippen molar-refractivity contribution in [2.45, 2.75) is 38.5 Å². The van der Waals surface area contributed by atoms with Crippen LogP contribution in [-0.4, -0.2) is 47.0 Å². The van der Waals surface area contributed by atoms with E-state index in [0.29, 0.717) is 10.9 Å². The van der Waals surface area contributed by atoms with E-state index in [1.54, 1.807) is 6.33 Å². The minimum atomic E-state index is -0.155. The largest absolute Gasteiger partial charge is 0.353 e. The van der Waals surface area contributed by atoms with Gasteiger partial charge in [-0.3, -0.25) is 4.79 Å². The van der Waals surface area contributed by atoms with Gasteiger partial charge < -0.3 is 9.80 Å². The number of fused-ring (bicyclic) bond motifs is 1. The first-order valence-electron chi connectivity index (χ1n) is 9.67. The quantitative estimate of drug-likeness (QED) is 0.810. The summed E-state index contributed by atoms with van der Waals surface area (Å²) in [5, 5.41) is 0.693. The van der Waals surface area contributed by atoms with Crippen molar-refractivity contribution in [3.8, 4) is 0 Å². The smallest absolute Gasteiger partial charge is 0.229 e. The van der Waals surface area contributed by atoms with Gasteiger partial charge in [0, 0.05) is 42.5 Å². The molecule has 1 amide bonds. The van der Waals surface area contributed by atoms with E-state index in [4.69, 9.17) is 11.6 Å². The van der Waals surface area contributed by atoms with Gasteiger partial charge in [0.15, 0.2) is 0 Å². The first-order valence-corrected chi connectivity index (χ1v) is 10.1. The molecule has 0 saturated carbocycles. The monoisotopic (exact) mass is 384 g/mol. The Hall–Kier alpha value is -2.14. The van der Waals surface area contributed by atoms with Gasteiger partial charge in [0.2, 0.25) is 5.91 Å². The Bertz CT molecular complexity index is 831. The van der Waals surface area contributed by atoms with Crippen LogP contribution in [0.5, 0.6) is 0 Å². The average Bonchev–Trinajstić information content (AvgIpc) is 3.09. The number of anilines is 1. The third kappa shape index (κ3) is 3.53. The summed E-state index contributed by atoms with van der Waals surface area (Å²) in [4.78, 5) is 26.2. The molecule has 0 spiro atoms. The molecule has 1 aliphatic heterocycles. The summed E-state index contributed by atoms with van der Waals surface area (Å²) in [6.07, 6.45) is 3.88. The SMILES string of the molecule is CC(C(=O)N1CCN(c2ncnc3c2[C@H](C)CC3)CC1)c1ccc(Cl)cc1. The lowest BCUT2D eigenvalue weighted by Gasteiger charge is -2.37. The van der Waals surface area contributed by atoms with E-state index in [1.807, 2.05) is 36.1 Å². The molecule has 4 rings (SSSR count). The molecule has 1 aliphatic carbocycles. The summed E-state index contributed by atoms with van der Waals surface area (Å²) < 4.78 is 0. The van der Waals surface area contributed by atoms with Crippen LogP contribution in [0.1, 0.15) is 48.9 Å². The van der Waals surface area contributed by atoms with E-state index in [0.717, 1.165) is 50.4 Å². The van der Waals surface area contributed by atoms with Crippen LogP contribution in [-0.2, 0) is 11.2 Å². The summed E-state index contributed by atoms with van der Waals surface area (Å²) in [5.74, 6) is 1.61. The fourth-order valence-electron chi connectivity index (χ4n) is 4.18. The molecular weight excluding hydrogens is 360 g/mol. The van der Waals surface area contributed by atoms with Crippen molar-refractivity contribution in [3.05, 3.63) is 52.4 Å². The van der Waals surface area contributed by atoms with Gasteiger partial charge >= 0.3 is 0 Å². The number of hydrogen-bond donors (Lipinski definition) is 0. The number of aryl methyl sites for hydroxylation is 1. The third-order valence-electron chi connectivity index (χ3n) is 5.88. The van der Waals surface area contributed by atoms with Crippen LogP contribution in [0.15, 0.2) is 30.6 Å². The molecule has 0 N–H and O–H groups in total. The topological polar surface area (TPSA) is 49.3 Å². The number of rotatable bonds is 3. The predicted molar refractivity (Wildman–Crippen MR) is 107 cm³/mol. The molecule has 1 saturated heterocycles. The zero-order valence-electron chi connectivity index (χ0n) is 15.9. The number of piperazine rings is 1. The summed E-state index contributed by atoms with van der Waals surface area (Å²) in [5.41, 5.74) is 3.52. The van der Waals surface area contributed by atoms with Crippen LogP contribution >= 0.6 is 11.6 Å². The standard InChI is InChI=1S/C21H25ClN4O/c1-14-3-8-18-19(14)20(24-13-23-18)25-9-11-26(12-10-25)21(27)15(2)16-4-6-17(22)7-5-16/h4-7,13-15H,3,8-12H2,1-2H3/t14-,15?/m1/s1. The minimum absolute atomic E-state index is 0.155. The fraction of sp³-hybridized carbons (Fsp3) is 0.476. The van der Waals surface area contributed by atoms with Crippen LogP contribution < -0.4 is 4.90 Å². The Morgan fingerprint density at radius 3 is 2.56 bits per heavy atom. The van der Waals surface area contributed by atoms with Gasteiger partial charge in [0.05, 0.1) is 5.92 Å². The summed E-state index contributed by atoms with van der Waals surface area (Å²) >= 11 is 5.96. The maximum absolute atomic E-state index is 12.9. The zero-order chi connectivity index (χ0) is 19.0. The number of halogens is 1. The number of carbonyl (C=O) groups is 1. The number of benzene rings is 1. The minimum Gasteiger partial charge on any atom is -0.353 e. The molecule has 0 bridgehead atoms. The Labute approximate surface area is 165 Å². The van der Waals surface area contributed by atoms with Gasteiger partial charge in [-0.2, -0.15) is 0 Å². The highest BCUT2D eigenvalue weighted by molar-refractivity contribution is 6.30. The highest BCUT2D eigenvalue weighted by Gasteiger charge is 2.30. The normalized spacial score (nSPS) is 20.5. The van der Waals surface area contributed by atoms with E-state index in [-0.39, 0.29) is 11.8 Å². The molecule has 2 atom stereocenters. The van der Waals surface area contributed by atoms with Gasteiger partial charge in [-0.15, -0.1) is 0 Å². The summed E-state index contributed by atoms with van der Waals surface area (Å²) in [6, 6.07) is 7.56. The third-order valence-corrected chi connectivity index (χ3v) is 6.14. The second kappa shape index (κ2) is 7.47. The van der Waals surface area contributed by atoms with Gasteiger partial charge in [0.1, 0.15) is 12.1 Å². The molecule has 0 radical (unpaired) electrons. The Morgan fingerprint density at radius 2 is 1.85 bits per heavy atom. The van der Waals surface area contributed by atoms with Gasteiger partial charge in [0.25, 0.3) is 0 Å². The number of nitrogens with zero attached hydrogens (tertiary/aromatic N) is 4. The van der Waals surface area contributed by atoms with Crippen molar-refractivity contribution in [1.82, 2.24) is 14.9 Å². The van der Waals surface area contributed by atoms with Crippen molar-refractivity contribution in [2.75, 3.05) is 31.1 Å². The van der Waals surface area contributed by atoms with Crippen molar-refractivity contribution in [3.63, 3.8) is 0 Å². The lowest BCUT2D eigenvalue weighted by molar-refractivity contribution is -0.132. The fourth-order valence-corrected chi connectivity index (χ4v) is 4.31. The molecule has 1 aromatic carbocycles. The molecule has 6 heteroatoms. The molecule has 142 valence electrons. The van der Waals surface area contributed by atoms with Crippen molar-refractivity contribution < 1.29 is 4.79 Å². The second-order valence-electron chi connectivity index (χ2n) is 7.58. The Balaban J connectivity index is 1.43. The second-order valence-corrected chi connectivity index (χ2v) is 8.02. The average molecular weight is 385 g/mol. The zero-order valence-corrected chi connectivity index (χ0v) is 16.6. The first kappa shape index (κ1) is 18.2. The highest BCUT2D eigenvalue weighted by Crippen LogP contribution is 2.37. The summed E-state index contributed by atoms with van der Waals surface area (Å²) in [7, 11) is 0. The molecule has 1 unspecified atom stereocenters. The van der Waals surface area contributed by atoms with Crippen LogP contribution in [0.3, 0.4) is 0 Å². The van der Waals surface area contributed by atoms with E-state index in [2.05, 4.69) is 21.8 Å². The van der Waals surface area contributed by atoms with Crippen molar-refractivity contribution >= 4 is 23.3 Å². The lowest BCUT2D eigenvalue weighted by Crippen LogP contribution is -2.50. The van der Waals surface area contributed by atoms with Gasteiger partial charge in [-0.1, -0.05) is 30.7 Å². The Morgan fingerprint density at radius 1 is 1.15 bits per heavy atom. The molecule has 2 aromatic rings. The van der Waals surface area contributed by atoms with Crippen LogP contribution in [0.4, 0.5) is 5.82 Å². The highest BCUT2D eigenvalue weighted by atomic mass is 35.5. The Kier molecular flexibility index (Phi) is 5.04. The van der Waals surface area contributed by atoms with E-state index in [9.17, 15) is 4.79 Å². The molecule has 2 heterocycles. The van der Waals surface area contributed by atoms with Gasteiger partial charge in [-0.05, 0) is 43.4 Å². The molecule has 27 heavy (non-hydrogen) atoms. The molecule has 1 aromatic heterocycles. The van der Waals surface area contributed by atoms with E-state index < -0.39 is 0 Å². The number of aromatic nitrogens is 2. The molecule has 1 fully saturated rings. The number of amides is 1. The molecule has 2 aliphatic rings. The number of hydrogen-bond acceptors (Lipinski definition) is 4. The van der Waals surface area contributed by atoms with Crippen LogP contribution in [0.2, 0.25) is 5.02 Å². The van der Waals surface area contributed by atoms with Crippen molar-refractivity contribution in [1.29, 1.82) is 0 Å². The van der Waals surface area contributed by atoms with E-state index >= 15 is 0 Å². The first-order chi connectivity index (χ1) is 13.0. The number of carbonyl (C=O) groups excluding carboxylic acids is 1. The molecular formula is C21H25ClN4O. The summed E-state index contributed by atoms with van der Waals surface area (Å²) in [6.45, 7) is 7.31. The predicted octanol–water partition coefficient (Wildman–Crippen LogP) is 3.63. The lowest BCUT2D eigenvalue weighted by atomic mass is 9.99. The van der Waals surface area contributed by atoms with Gasteiger partial charge in [-0.25, -0.2) is 9.97 Å². The van der Waals surface area contributed by atoms with E-state index in [1.165, 1.54) is 11.3 Å². The maximum Gasteiger partial charge on any atom is 0.229 e.